The van der Waals surface area contributed by atoms with Crippen LogP contribution in [0.4, 0.5) is 0 Å². The summed E-state index contributed by atoms with van der Waals surface area (Å²) in [6, 6.07) is 2.00. The first-order valence-electron chi connectivity index (χ1n) is 4.53. The van der Waals surface area contributed by atoms with Crippen LogP contribution >= 0.6 is 0 Å². The Balaban J connectivity index is 2.04. The molecule has 2 unspecified atom stereocenters. The number of aliphatic hydroxyl groups excluding tert-OH is 1. The number of aliphatic hydroxyl groups is 1. The number of nitrogens with zero attached hydrogens (tertiary/aromatic N) is 1. The molecule has 1 fully saturated rings. The normalized spacial score (nSPS) is 30.4. The molecule has 1 aromatic heterocycles. The van der Waals surface area contributed by atoms with Crippen molar-refractivity contribution in [3.63, 3.8) is 0 Å². The number of rotatable bonds is 1. The van der Waals surface area contributed by atoms with E-state index < -0.39 is 0 Å². The van der Waals surface area contributed by atoms with Crippen molar-refractivity contribution in [1.29, 1.82) is 0 Å². The number of nitrogens with one attached hydrogen (secondary N) is 1. The SMILES string of the molecule is OC1CCCC(c2ccn[nH]2)C1. The summed E-state index contributed by atoms with van der Waals surface area (Å²) in [5, 5.41) is 16.3. The van der Waals surface area contributed by atoms with Crippen LogP contribution in [0.1, 0.15) is 37.3 Å². The third-order valence-corrected chi connectivity index (χ3v) is 2.61. The van der Waals surface area contributed by atoms with Gasteiger partial charge in [-0.25, -0.2) is 0 Å². The molecular formula is C9H14N2O. The van der Waals surface area contributed by atoms with Crippen molar-refractivity contribution in [3.8, 4) is 0 Å². The van der Waals surface area contributed by atoms with E-state index in [1.807, 2.05) is 6.07 Å². The molecule has 1 saturated carbocycles. The Hall–Kier alpha value is -0.830. The van der Waals surface area contributed by atoms with E-state index >= 15 is 0 Å². The lowest BCUT2D eigenvalue weighted by Gasteiger charge is -2.24. The molecule has 2 N–H and O–H groups in total. The monoisotopic (exact) mass is 166 g/mol. The zero-order chi connectivity index (χ0) is 8.39. The lowest BCUT2D eigenvalue weighted by atomic mass is 9.85. The fraction of sp³-hybridized carbons (Fsp3) is 0.667. The molecule has 1 heterocycles. The Morgan fingerprint density at radius 3 is 3.08 bits per heavy atom. The number of aromatic amines is 1. The van der Waals surface area contributed by atoms with Crippen LogP contribution in [-0.2, 0) is 0 Å². The molecule has 0 aliphatic heterocycles. The van der Waals surface area contributed by atoms with Crippen molar-refractivity contribution in [3.05, 3.63) is 18.0 Å². The van der Waals surface area contributed by atoms with Gasteiger partial charge in [0.1, 0.15) is 0 Å². The van der Waals surface area contributed by atoms with Crippen LogP contribution in [0, 0.1) is 0 Å². The number of aromatic nitrogens is 2. The van der Waals surface area contributed by atoms with E-state index in [0.717, 1.165) is 19.3 Å². The van der Waals surface area contributed by atoms with Crippen molar-refractivity contribution in [2.75, 3.05) is 0 Å². The molecule has 1 aromatic rings. The van der Waals surface area contributed by atoms with Gasteiger partial charge in [-0.3, -0.25) is 5.10 Å². The first-order chi connectivity index (χ1) is 5.86. The molecule has 66 valence electrons. The first-order valence-corrected chi connectivity index (χ1v) is 4.53. The third kappa shape index (κ3) is 1.50. The molecule has 0 spiro atoms. The molecule has 12 heavy (non-hydrogen) atoms. The van der Waals surface area contributed by atoms with Gasteiger partial charge in [0.25, 0.3) is 0 Å². The van der Waals surface area contributed by atoms with Crippen LogP contribution in [0.5, 0.6) is 0 Å². The standard InChI is InChI=1S/C9H14N2O/c12-8-3-1-2-7(6-8)9-4-5-10-11-9/h4-5,7-8,12H,1-3,6H2,(H,10,11). The van der Waals surface area contributed by atoms with Gasteiger partial charge in [0.05, 0.1) is 6.10 Å². The summed E-state index contributed by atoms with van der Waals surface area (Å²) >= 11 is 0. The molecule has 0 bridgehead atoms. The maximum atomic E-state index is 9.44. The lowest BCUT2D eigenvalue weighted by Crippen LogP contribution is -2.18. The minimum absolute atomic E-state index is 0.105. The highest BCUT2D eigenvalue weighted by molar-refractivity contribution is 5.06. The van der Waals surface area contributed by atoms with Crippen LogP contribution in [0.2, 0.25) is 0 Å². The zero-order valence-electron chi connectivity index (χ0n) is 7.03. The van der Waals surface area contributed by atoms with Gasteiger partial charge < -0.3 is 5.11 Å². The third-order valence-electron chi connectivity index (χ3n) is 2.61. The van der Waals surface area contributed by atoms with E-state index in [2.05, 4.69) is 10.2 Å². The maximum Gasteiger partial charge on any atom is 0.0546 e. The summed E-state index contributed by atoms with van der Waals surface area (Å²) in [5.74, 6) is 0.497. The number of hydrogen-bond acceptors (Lipinski definition) is 2. The van der Waals surface area contributed by atoms with Crippen LogP contribution in [0.15, 0.2) is 12.3 Å². The molecule has 0 amide bonds. The highest BCUT2D eigenvalue weighted by Gasteiger charge is 2.21. The molecule has 3 heteroatoms. The quantitative estimate of drug-likeness (QED) is 0.663. The minimum Gasteiger partial charge on any atom is -0.393 e. The van der Waals surface area contributed by atoms with Gasteiger partial charge in [-0.15, -0.1) is 0 Å². The summed E-state index contributed by atoms with van der Waals surface area (Å²) < 4.78 is 0. The largest absolute Gasteiger partial charge is 0.393 e. The Labute approximate surface area is 71.8 Å². The van der Waals surface area contributed by atoms with Gasteiger partial charge in [0.2, 0.25) is 0 Å². The van der Waals surface area contributed by atoms with Crippen LogP contribution < -0.4 is 0 Å². The minimum atomic E-state index is -0.105. The number of H-pyrrole nitrogens is 1. The van der Waals surface area contributed by atoms with Crippen molar-refractivity contribution < 1.29 is 5.11 Å². The summed E-state index contributed by atoms with van der Waals surface area (Å²) in [6.07, 6.45) is 5.83. The smallest absolute Gasteiger partial charge is 0.0546 e. The zero-order valence-corrected chi connectivity index (χ0v) is 7.03. The average molecular weight is 166 g/mol. The number of hydrogen-bond donors (Lipinski definition) is 2. The molecule has 0 saturated heterocycles. The van der Waals surface area contributed by atoms with Gasteiger partial charge in [-0.05, 0) is 25.3 Å². The molecule has 0 radical (unpaired) electrons. The Bertz CT molecular complexity index is 233. The van der Waals surface area contributed by atoms with E-state index in [0.29, 0.717) is 5.92 Å². The average Bonchev–Trinajstić information content (AvgIpc) is 2.56. The highest BCUT2D eigenvalue weighted by Crippen LogP contribution is 2.31. The van der Waals surface area contributed by atoms with E-state index in [9.17, 15) is 5.11 Å². The Morgan fingerprint density at radius 1 is 1.50 bits per heavy atom. The topological polar surface area (TPSA) is 48.9 Å². The van der Waals surface area contributed by atoms with Crippen molar-refractivity contribution in [1.82, 2.24) is 10.2 Å². The first kappa shape index (κ1) is 7.80. The van der Waals surface area contributed by atoms with Crippen LogP contribution in [0.3, 0.4) is 0 Å². The van der Waals surface area contributed by atoms with E-state index in [1.165, 1.54) is 12.1 Å². The second-order valence-corrected chi connectivity index (χ2v) is 3.53. The second-order valence-electron chi connectivity index (χ2n) is 3.53. The second kappa shape index (κ2) is 3.27. The molecule has 3 nitrogen and oxygen atoms in total. The fourth-order valence-electron chi connectivity index (χ4n) is 1.94. The Kier molecular flexibility index (Phi) is 2.13. The molecule has 1 aliphatic carbocycles. The maximum absolute atomic E-state index is 9.44. The predicted octanol–water partition coefficient (Wildman–Crippen LogP) is 1.43. The van der Waals surface area contributed by atoms with Gasteiger partial charge in [-0.1, -0.05) is 6.42 Å². The van der Waals surface area contributed by atoms with Crippen LogP contribution in [-0.4, -0.2) is 21.4 Å². The Morgan fingerprint density at radius 2 is 2.42 bits per heavy atom. The summed E-state index contributed by atoms with van der Waals surface area (Å²) in [5.41, 5.74) is 1.17. The van der Waals surface area contributed by atoms with Gasteiger partial charge in [-0.2, -0.15) is 5.10 Å². The van der Waals surface area contributed by atoms with E-state index in [4.69, 9.17) is 0 Å². The van der Waals surface area contributed by atoms with Crippen molar-refractivity contribution in [2.45, 2.75) is 37.7 Å². The molecule has 0 aromatic carbocycles. The molecular weight excluding hydrogens is 152 g/mol. The molecule has 2 rings (SSSR count). The van der Waals surface area contributed by atoms with Gasteiger partial charge in [0.15, 0.2) is 0 Å². The van der Waals surface area contributed by atoms with E-state index in [-0.39, 0.29) is 6.10 Å². The fourth-order valence-corrected chi connectivity index (χ4v) is 1.94. The molecule has 2 atom stereocenters. The highest BCUT2D eigenvalue weighted by atomic mass is 16.3. The van der Waals surface area contributed by atoms with Crippen molar-refractivity contribution in [2.24, 2.45) is 0 Å². The summed E-state index contributed by atoms with van der Waals surface area (Å²) in [7, 11) is 0. The van der Waals surface area contributed by atoms with Crippen LogP contribution in [0.25, 0.3) is 0 Å². The predicted molar refractivity (Wildman–Crippen MR) is 45.8 cm³/mol. The van der Waals surface area contributed by atoms with Gasteiger partial charge in [0, 0.05) is 17.8 Å². The van der Waals surface area contributed by atoms with Gasteiger partial charge >= 0.3 is 0 Å². The summed E-state index contributed by atoms with van der Waals surface area (Å²) in [4.78, 5) is 0. The van der Waals surface area contributed by atoms with E-state index in [1.54, 1.807) is 6.20 Å². The molecule has 1 aliphatic rings. The lowest BCUT2D eigenvalue weighted by molar-refractivity contribution is 0.119. The summed E-state index contributed by atoms with van der Waals surface area (Å²) in [6.45, 7) is 0. The van der Waals surface area contributed by atoms with Crippen molar-refractivity contribution >= 4 is 0 Å².